The summed E-state index contributed by atoms with van der Waals surface area (Å²) in [4.78, 5) is 40.8. The summed E-state index contributed by atoms with van der Waals surface area (Å²) in [5.41, 5.74) is 1.32. The zero-order valence-electron chi connectivity index (χ0n) is 30.2. The molecule has 280 valence electrons. The number of carboxylic acids is 4. The zero-order valence-corrected chi connectivity index (χ0v) is 30.2. The second-order valence-corrected chi connectivity index (χ2v) is 11.4. The van der Waals surface area contributed by atoms with Crippen molar-refractivity contribution in [1.82, 2.24) is 0 Å². The largest absolute Gasteiger partial charge is 0.478 e. The van der Waals surface area contributed by atoms with E-state index in [4.69, 9.17) is 20.4 Å². The summed E-state index contributed by atoms with van der Waals surface area (Å²) >= 11 is 0. The number of carboxylic acid groups (broad SMARTS) is 4. The Morgan fingerprint density at radius 3 is 0.446 bits per heavy atom. The Labute approximate surface area is 324 Å². The van der Waals surface area contributed by atoms with Crippen molar-refractivity contribution in [2.24, 2.45) is 0 Å². The molecule has 8 rings (SSSR count). The average molecular weight is 745 g/mol. The van der Waals surface area contributed by atoms with Gasteiger partial charge in [-0.1, -0.05) is 170 Å². The van der Waals surface area contributed by atoms with Crippen LogP contribution in [-0.2, 0) is 0 Å². The van der Waals surface area contributed by atoms with Crippen LogP contribution in [0.2, 0.25) is 0 Å². The average Bonchev–Trinajstić information content (AvgIpc) is 3.26. The van der Waals surface area contributed by atoms with Crippen molar-refractivity contribution < 1.29 is 39.6 Å². The van der Waals surface area contributed by atoms with Gasteiger partial charge in [0, 0.05) is 0 Å². The minimum Gasteiger partial charge on any atom is -0.478 e. The van der Waals surface area contributed by atoms with E-state index in [2.05, 4.69) is 97.1 Å². The van der Waals surface area contributed by atoms with Crippen LogP contribution < -0.4 is 0 Å². The number of carbonyl (C=O) groups is 4. The fraction of sp³-hybridized carbons (Fsp3) is 0. The van der Waals surface area contributed by atoms with Crippen molar-refractivity contribution in [3.05, 3.63) is 241 Å². The van der Waals surface area contributed by atoms with Crippen LogP contribution in [0.25, 0.3) is 21.5 Å². The predicted molar refractivity (Wildman–Crippen MR) is 222 cm³/mol. The Bertz CT molecular complexity index is 1960. The minimum absolute atomic E-state index is 0.331. The third-order valence-corrected chi connectivity index (χ3v) is 7.40. The third kappa shape index (κ3) is 16.2. The molecule has 8 aromatic carbocycles. The van der Waals surface area contributed by atoms with Crippen molar-refractivity contribution in [1.29, 1.82) is 0 Å². The van der Waals surface area contributed by atoms with E-state index in [0.717, 1.165) is 0 Å². The summed E-state index contributed by atoms with van der Waals surface area (Å²) in [6.07, 6.45) is 0. The van der Waals surface area contributed by atoms with Crippen LogP contribution in [0.15, 0.2) is 218 Å². The maximum atomic E-state index is 10.2. The third-order valence-electron chi connectivity index (χ3n) is 7.40. The van der Waals surface area contributed by atoms with Gasteiger partial charge in [-0.05, 0) is 70.1 Å². The van der Waals surface area contributed by atoms with E-state index in [1.54, 1.807) is 121 Å². The second-order valence-electron chi connectivity index (χ2n) is 11.4. The van der Waals surface area contributed by atoms with Crippen LogP contribution in [0.1, 0.15) is 41.4 Å². The molecule has 8 heteroatoms. The van der Waals surface area contributed by atoms with Crippen LogP contribution >= 0.6 is 0 Å². The van der Waals surface area contributed by atoms with Gasteiger partial charge >= 0.3 is 23.9 Å². The lowest BCUT2D eigenvalue weighted by molar-refractivity contribution is 0.0686. The van der Waals surface area contributed by atoms with E-state index in [9.17, 15) is 19.2 Å². The first-order chi connectivity index (χ1) is 27.2. The van der Waals surface area contributed by atoms with Gasteiger partial charge in [0.2, 0.25) is 0 Å². The first-order valence-corrected chi connectivity index (χ1v) is 17.2. The minimum atomic E-state index is -0.879. The van der Waals surface area contributed by atoms with Crippen molar-refractivity contribution in [2.45, 2.75) is 0 Å². The molecule has 0 saturated carbocycles. The molecular formula is C48H40O8. The summed E-state index contributed by atoms with van der Waals surface area (Å²) in [6.45, 7) is 0. The number of benzene rings is 8. The highest BCUT2D eigenvalue weighted by Gasteiger charge is 1.99. The lowest BCUT2D eigenvalue weighted by atomic mass is 10.1. The molecule has 0 unspecified atom stereocenters. The maximum Gasteiger partial charge on any atom is 0.335 e. The number of aromatic carboxylic acids is 4. The fourth-order valence-electron chi connectivity index (χ4n) is 4.59. The quantitative estimate of drug-likeness (QED) is 0.139. The fourth-order valence-corrected chi connectivity index (χ4v) is 4.59. The molecule has 0 radical (unpaired) electrons. The van der Waals surface area contributed by atoms with Crippen LogP contribution in [-0.4, -0.2) is 44.3 Å². The first-order valence-electron chi connectivity index (χ1n) is 17.2. The zero-order chi connectivity index (χ0) is 40.4. The molecule has 8 nitrogen and oxygen atoms in total. The van der Waals surface area contributed by atoms with E-state index in [-0.39, 0.29) is 0 Å². The van der Waals surface area contributed by atoms with E-state index in [1.807, 2.05) is 0 Å². The van der Waals surface area contributed by atoms with Gasteiger partial charge in [0.15, 0.2) is 0 Å². The van der Waals surface area contributed by atoms with Crippen molar-refractivity contribution >= 4 is 45.4 Å². The summed E-state index contributed by atoms with van der Waals surface area (Å²) in [5, 5.41) is 38.8. The molecule has 0 aromatic heterocycles. The summed E-state index contributed by atoms with van der Waals surface area (Å²) in [7, 11) is 0. The Hall–Kier alpha value is -7.84. The van der Waals surface area contributed by atoms with Crippen LogP contribution in [0, 0.1) is 0 Å². The van der Waals surface area contributed by atoms with Crippen molar-refractivity contribution in [2.75, 3.05) is 0 Å². The molecule has 0 aliphatic heterocycles. The lowest BCUT2D eigenvalue weighted by Gasteiger charge is -1.92. The van der Waals surface area contributed by atoms with Crippen molar-refractivity contribution in [3.63, 3.8) is 0 Å². The Kier molecular flexibility index (Phi) is 18.6. The predicted octanol–water partition coefficient (Wildman–Crippen LogP) is 11.2. The number of rotatable bonds is 4. The Morgan fingerprint density at radius 1 is 0.214 bits per heavy atom. The first kappa shape index (κ1) is 42.6. The van der Waals surface area contributed by atoms with Gasteiger partial charge in [-0.2, -0.15) is 0 Å². The van der Waals surface area contributed by atoms with Crippen molar-refractivity contribution in [3.8, 4) is 0 Å². The number of hydrogen-bond acceptors (Lipinski definition) is 4. The molecule has 4 N–H and O–H groups in total. The molecule has 0 fully saturated rings. The molecule has 0 aliphatic carbocycles. The van der Waals surface area contributed by atoms with Crippen LogP contribution in [0.5, 0.6) is 0 Å². The Balaban J connectivity index is 0.000000180. The topological polar surface area (TPSA) is 149 Å². The summed E-state index contributed by atoms with van der Waals surface area (Å²) in [5.74, 6) is -3.52. The van der Waals surface area contributed by atoms with E-state index < -0.39 is 23.9 Å². The van der Waals surface area contributed by atoms with E-state index >= 15 is 0 Å². The summed E-state index contributed by atoms with van der Waals surface area (Å²) in [6, 6.07) is 66.6. The van der Waals surface area contributed by atoms with Gasteiger partial charge in [-0.25, -0.2) is 19.2 Å². The highest BCUT2D eigenvalue weighted by molar-refractivity contribution is 5.89. The van der Waals surface area contributed by atoms with Gasteiger partial charge in [-0.3, -0.25) is 0 Å². The maximum absolute atomic E-state index is 10.2. The SMILES string of the molecule is O=C(O)c1ccccc1.O=C(O)c1ccccc1.O=C(O)c1ccccc1.O=C(O)c1ccccc1.c1ccc2ccccc2c1.c1ccc2ccccc2c1. The van der Waals surface area contributed by atoms with E-state index in [0.29, 0.717) is 22.3 Å². The lowest BCUT2D eigenvalue weighted by Crippen LogP contribution is -1.93. The summed E-state index contributed by atoms with van der Waals surface area (Å²) < 4.78 is 0. The molecule has 56 heavy (non-hydrogen) atoms. The normalized spacial score (nSPS) is 9.29. The molecular weight excluding hydrogens is 705 g/mol. The molecule has 0 atom stereocenters. The highest BCUT2D eigenvalue weighted by Crippen LogP contribution is 2.12. The van der Waals surface area contributed by atoms with Gasteiger partial charge in [0.25, 0.3) is 0 Å². The molecule has 0 aliphatic rings. The van der Waals surface area contributed by atoms with Gasteiger partial charge in [-0.15, -0.1) is 0 Å². The monoisotopic (exact) mass is 744 g/mol. The molecule has 0 bridgehead atoms. The molecule has 0 heterocycles. The highest BCUT2D eigenvalue weighted by atomic mass is 16.4. The van der Waals surface area contributed by atoms with Gasteiger partial charge in [0.05, 0.1) is 22.3 Å². The van der Waals surface area contributed by atoms with Crippen LogP contribution in [0.3, 0.4) is 0 Å². The standard InChI is InChI=1S/2C10H8.4C7H6O2/c2*1-2-6-10-8-4-3-7-9(10)5-1;4*8-7(9)6-4-2-1-3-5-6/h2*1-8H;4*1-5H,(H,8,9). The smallest absolute Gasteiger partial charge is 0.335 e. The van der Waals surface area contributed by atoms with E-state index in [1.165, 1.54) is 21.5 Å². The molecule has 8 aromatic rings. The number of fused-ring (bicyclic) bond motifs is 2. The molecule has 0 amide bonds. The Morgan fingerprint density at radius 2 is 0.339 bits per heavy atom. The number of hydrogen-bond donors (Lipinski definition) is 4. The van der Waals surface area contributed by atoms with Crippen LogP contribution in [0.4, 0.5) is 0 Å². The van der Waals surface area contributed by atoms with Gasteiger partial charge in [0.1, 0.15) is 0 Å². The molecule has 0 spiro atoms. The van der Waals surface area contributed by atoms with Gasteiger partial charge < -0.3 is 20.4 Å². The molecule has 0 saturated heterocycles. The second kappa shape index (κ2) is 24.4.